The third-order valence-electron chi connectivity index (χ3n) is 2.50. The lowest BCUT2D eigenvalue weighted by Crippen LogP contribution is -2.20. The summed E-state index contributed by atoms with van der Waals surface area (Å²) in [7, 11) is 1.53. The van der Waals surface area contributed by atoms with Crippen LogP contribution in [0.5, 0.6) is 0 Å². The lowest BCUT2D eigenvalue weighted by Gasteiger charge is -2.14. The Kier molecular flexibility index (Phi) is 5.09. The monoisotopic (exact) mass is 240 g/mol. The first-order valence-electron chi connectivity index (χ1n) is 5.81. The molecule has 0 bridgehead atoms. The van der Waals surface area contributed by atoms with Crippen molar-refractivity contribution in [1.29, 1.82) is 0 Å². The molecule has 0 aromatic carbocycles. The average Bonchev–Trinajstić information content (AvgIpc) is 2.75. The molecule has 1 rings (SSSR count). The molecule has 0 spiro atoms. The van der Waals surface area contributed by atoms with Crippen molar-refractivity contribution in [3.05, 3.63) is 11.7 Å². The van der Waals surface area contributed by atoms with E-state index in [9.17, 15) is 4.79 Å². The normalized spacial score (nSPS) is 12.8. The molecule has 0 unspecified atom stereocenters. The molecule has 0 saturated heterocycles. The summed E-state index contributed by atoms with van der Waals surface area (Å²) in [5, 5.41) is 6.06. The third-order valence-corrected chi connectivity index (χ3v) is 2.50. The maximum Gasteiger partial charge on any atom is 0.292 e. The van der Waals surface area contributed by atoms with E-state index in [0.29, 0.717) is 30.7 Å². The van der Waals surface area contributed by atoms with E-state index < -0.39 is 0 Å². The van der Waals surface area contributed by atoms with Gasteiger partial charge in [0.15, 0.2) is 0 Å². The minimum absolute atomic E-state index is 0.0721. The number of nitrogens with zero attached hydrogens (tertiary/aromatic N) is 2. The first kappa shape index (κ1) is 13.6. The SMILES string of the molecule is CNC(=O)c1noc(C[C@@H](CN)CC(C)C)n1. The Morgan fingerprint density at radius 3 is 2.76 bits per heavy atom. The van der Waals surface area contributed by atoms with E-state index in [1.54, 1.807) is 0 Å². The number of amides is 1. The second kappa shape index (κ2) is 6.34. The zero-order valence-corrected chi connectivity index (χ0v) is 10.6. The molecule has 0 aliphatic heterocycles. The molecule has 0 fully saturated rings. The highest BCUT2D eigenvalue weighted by molar-refractivity contribution is 5.89. The minimum atomic E-state index is -0.340. The second-order valence-electron chi connectivity index (χ2n) is 4.53. The highest BCUT2D eigenvalue weighted by Crippen LogP contribution is 2.15. The quantitative estimate of drug-likeness (QED) is 0.759. The summed E-state index contributed by atoms with van der Waals surface area (Å²) in [4.78, 5) is 15.3. The molecule has 1 heterocycles. The zero-order valence-electron chi connectivity index (χ0n) is 10.6. The first-order valence-corrected chi connectivity index (χ1v) is 5.81. The van der Waals surface area contributed by atoms with Crippen molar-refractivity contribution in [3.8, 4) is 0 Å². The van der Waals surface area contributed by atoms with Gasteiger partial charge in [0.05, 0.1) is 0 Å². The lowest BCUT2D eigenvalue weighted by molar-refractivity contribution is 0.0950. The summed E-state index contributed by atoms with van der Waals surface area (Å²) in [6.07, 6.45) is 1.63. The van der Waals surface area contributed by atoms with Gasteiger partial charge in [-0.1, -0.05) is 19.0 Å². The second-order valence-corrected chi connectivity index (χ2v) is 4.53. The van der Waals surface area contributed by atoms with E-state index in [0.717, 1.165) is 6.42 Å². The van der Waals surface area contributed by atoms with Crippen molar-refractivity contribution in [2.75, 3.05) is 13.6 Å². The summed E-state index contributed by atoms with van der Waals surface area (Å²) in [5.41, 5.74) is 5.69. The molecule has 17 heavy (non-hydrogen) atoms. The maximum absolute atomic E-state index is 11.2. The van der Waals surface area contributed by atoms with E-state index in [1.165, 1.54) is 7.05 Å². The van der Waals surface area contributed by atoms with Gasteiger partial charge < -0.3 is 15.6 Å². The molecular formula is C11H20N4O2. The van der Waals surface area contributed by atoms with Gasteiger partial charge in [-0.2, -0.15) is 4.98 Å². The molecule has 3 N–H and O–H groups in total. The Bertz CT molecular complexity index is 362. The summed E-state index contributed by atoms with van der Waals surface area (Å²) in [6, 6.07) is 0. The minimum Gasteiger partial charge on any atom is -0.352 e. The number of hydrogen-bond donors (Lipinski definition) is 2. The van der Waals surface area contributed by atoms with Crippen molar-refractivity contribution in [2.45, 2.75) is 26.7 Å². The molecule has 1 atom stereocenters. The fraction of sp³-hybridized carbons (Fsp3) is 0.727. The Hall–Kier alpha value is -1.43. The van der Waals surface area contributed by atoms with Gasteiger partial charge in [0.25, 0.3) is 11.7 Å². The van der Waals surface area contributed by atoms with Crippen molar-refractivity contribution < 1.29 is 9.32 Å². The molecule has 0 saturated carbocycles. The standard InChI is InChI=1S/C11H20N4O2/c1-7(2)4-8(6-12)5-9-14-10(15-17-9)11(16)13-3/h7-8H,4-6,12H2,1-3H3,(H,13,16)/t8-/m0/s1. The van der Waals surface area contributed by atoms with Crippen LogP contribution in [0.3, 0.4) is 0 Å². The molecule has 1 aromatic heterocycles. The van der Waals surface area contributed by atoms with E-state index in [1.807, 2.05) is 0 Å². The number of nitrogens with two attached hydrogens (primary N) is 1. The maximum atomic E-state index is 11.2. The highest BCUT2D eigenvalue weighted by atomic mass is 16.5. The van der Waals surface area contributed by atoms with Crippen LogP contribution in [0, 0.1) is 11.8 Å². The molecular weight excluding hydrogens is 220 g/mol. The molecule has 0 radical (unpaired) electrons. The van der Waals surface area contributed by atoms with Gasteiger partial charge in [0.2, 0.25) is 5.89 Å². The van der Waals surface area contributed by atoms with Crippen LogP contribution in [-0.2, 0) is 6.42 Å². The largest absolute Gasteiger partial charge is 0.352 e. The Labute approximate surface area is 101 Å². The zero-order chi connectivity index (χ0) is 12.8. The Morgan fingerprint density at radius 1 is 1.53 bits per heavy atom. The number of aromatic nitrogens is 2. The van der Waals surface area contributed by atoms with Gasteiger partial charge in [-0.05, 0) is 24.8 Å². The lowest BCUT2D eigenvalue weighted by atomic mass is 9.94. The van der Waals surface area contributed by atoms with Crippen LogP contribution >= 0.6 is 0 Å². The summed E-state index contributed by atoms with van der Waals surface area (Å²) < 4.78 is 5.02. The molecule has 1 amide bonds. The van der Waals surface area contributed by atoms with Crippen LogP contribution < -0.4 is 11.1 Å². The molecule has 6 heteroatoms. The van der Waals surface area contributed by atoms with E-state index >= 15 is 0 Å². The van der Waals surface area contributed by atoms with Gasteiger partial charge in [-0.3, -0.25) is 4.79 Å². The number of rotatable bonds is 6. The molecule has 1 aromatic rings. The summed E-state index contributed by atoms with van der Waals surface area (Å²) in [6.45, 7) is 4.87. The first-order chi connectivity index (χ1) is 8.06. The fourth-order valence-electron chi connectivity index (χ4n) is 1.72. The van der Waals surface area contributed by atoms with Crippen LogP contribution in [0.1, 0.15) is 36.8 Å². The number of nitrogens with one attached hydrogen (secondary N) is 1. The van der Waals surface area contributed by atoms with Crippen LogP contribution in [0.15, 0.2) is 4.52 Å². The van der Waals surface area contributed by atoms with E-state index in [4.69, 9.17) is 10.3 Å². The molecule has 0 aliphatic carbocycles. The smallest absolute Gasteiger partial charge is 0.292 e. The molecule has 6 nitrogen and oxygen atoms in total. The number of hydrogen-bond acceptors (Lipinski definition) is 5. The van der Waals surface area contributed by atoms with Crippen LogP contribution in [0.2, 0.25) is 0 Å². The molecule has 96 valence electrons. The van der Waals surface area contributed by atoms with Crippen molar-refractivity contribution in [2.24, 2.45) is 17.6 Å². The number of carbonyl (C=O) groups is 1. The van der Waals surface area contributed by atoms with Crippen molar-refractivity contribution in [1.82, 2.24) is 15.5 Å². The highest BCUT2D eigenvalue weighted by Gasteiger charge is 2.17. The van der Waals surface area contributed by atoms with Gasteiger partial charge in [-0.15, -0.1) is 0 Å². The molecule has 0 aliphatic rings. The average molecular weight is 240 g/mol. The predicted molar refractivity (Wildman–Crippen MR) is 63.4 cm³/mol. The third kappa shape index (κ3) is 4.14. The van der Waals surface area contributed by atoms with Gasteiger partial charge in [0.1, 0.15) is 0 Å². The Balaban J connectivity index is 2.61. The van der Waals surface area contributed by atoms with Crippen molar-refractivity contribution in [3.63, 3.8) is 0 Å². The van der Waals surface area contributed by atoms with Crippen LogP contribution in [0.4, 0.5) is 0 Å². The Morgan fingerprint density at radius 2 is 2.24 bits per heavy atom. The van der Waals surface area contributed by atoms with E-state index in [-0.39, 0.29) is 11.7 Å². The van der Waals surface area contributed by atoms with Crippen molar-refractivity contribution >= 4 is 5.91 Å². The van der Waals surface area contributed by atoms with Crippen LogP contribution in [0.25, 0.3) is 0 Å². The van der Waals surface area contributed by atoms with Crippen LogP contribution in [-0.4, -0.2) is 29.6 Å². The van der Waals surface area contributed by atoms with E-state index in [2.05, 4.69) is 29.3 Å². The summed E-state index contributed by atoms with van der Waals surface area (Å²) >= 11 is 0. The fourth-order valence-corrected chi connectivity index (χ4v) is 1.72. The van der Waals surface area contributed by atoms with Gasteiger partial charge >= 0.3 is 0 Å². The van der Waals surface area contributed by atoms with Gasteiger partial charge in [0, 0.05) is 13.5 Å². The van der Waals surface area contributed by atoms with Gasteiger partial charge in [-0.25, -0.2) is 0 Å². The number of carbonyl (C=O) groups excluding carboxylic acids is 1. The summed E-state index contributed by atoms with van der Waals surface area (Å²) in [5.74, 6) is 1.09. The predicted octanol–water partition coefficient (Wildman–Crippen LogP) is 0.593. The topological polar surface area (TPSA) is 94.0 Å².